The molecule has 0 aliphatic heterocycles. The molecule has 0 N–H and O–H groups in total. The molecular formula is C11H13N3O2S. The number of carbonyl (C=O) groups is 1. The van der Waals surface area contributed by atoms with E-state index >= 15 is 0 Å². The average Bonchev–Trinajstić information content (AvgIpc) is 2.87. The highest BCUT2D eigenvalue weighted by Crippen LogP contribution is 2.16. The zero-order valence-electron chi connectivity index (χ0n) is 9.93. The zero-order valence-corrected chi connectivity index (χ0v) is 10.7. The Hall–Kier alpha value is -1.69. The Labute approximate surface area is 103 Å². The molecule has 0 radical (unpaired) electrons. The first-order chi connectivity index (χ1) is 8.11. The summed E-state index contributed by atoms with van der Waals surface area (Å²) in [5.74, 6) is 0.420. The number of aromatic nitrogens is 3. The first-order valence-electron chi connectivity index (χ1n) is 5.13. The van der Waals surface area contributed by atoms with E-state index in [9.17, 15) is 4.79 Å². The van der Waals surface area contributed by atoms with Gasteiger partial charge in [0.05, 0.1) is 24.9 Å². The van der Waals surface area contributed by atoms with Crippen molar-refractivity contribution in [2.45, 2.75) is 20.4 Å². The van der Waals surface area contributed by atoms with Gasteiger partial charge in [0.25, 0.3) is 0 Å². The lowest BCUT2D eigenvalue weighted by atomic mass is 10.4. The fourth-order valence-corrected chi connectivity index (χ4v) is 2.35. The third-order valence-electron chi connectivity index (χ3n) is 2.43. The third kappa shape index (κ3) is 2.36. The van der Waals surface area contributed by atoms with Crippen LogP contribution in [0.25, 0.3) is 0 Å². The summed E-state index contributed by atoms with van der Waals surface area (Å²) in [6.45, 7) is 4.41. The average molecular weight is 251 g/mol. The lowest BCUT2D eigenvalue weighted by molar-refractivity contribution is 0.0588. The van der Waals surface area contributed by atoms with Crippen LogP contribution < -0.4 is 0 Å². The number of hydrogen-bond donors (Lipinski definition) is 0. The van der Waals surface area contributed by atoms with E-state index in [1.54, 1.807) is 11.3 Å². The highest BCUT2D eigenvalue weighted by molar-refractivity contribution is 7.11. The molecule has 2 heterocycles. The molecule has 2 rings (SSSR count). The van der Waals surface area contributed by atoms with Crippen LogP contribution in [0.3, 0.4) is 0 Å². The van der Waals surface area contributed by atoms with Crippen LogP contribution in [0.15, 0.2) is 12.4 Å². The monoisotopic (exact) mass is 251 g/mol. The topological polar surface area (TPSA) is 57.0 Å². The summed E-state index contributed by atoms with van der Waals surface area (Å²) < 4.78 is 6.55. The molecule has 0 aliphatic carbocycles. The van der Waals surface area contributed by atoms with E-state index in [1.165, 1.54) is 13.3 Å². The lowest BCUT2D eigenvalue weighted by Crippen LogP contribution is -2.12. The fraction of sp³-hybridized carbons (Fsp3) is 0.364. The van der Waals surface area contributed by atoms with Crippen LogP contribution in [0.4, 0.5) is 0 Å². The van der Waals surface area contributed by atoms with Crippen LogP contribution in [0.5, 0.6) is 0 Å². The number of rotatable bonds is 3. The highest BCUT2D eigenvalue weighted by atomic mass is 32.1. The van der Waals surface area contributed by atoms with Crippen molar-refractivity contribution >= 4 is 17.3 Å². The second-order valence-corrected chi connectivity index (χ2v) is 4.93. The standard InChI is InChI=1S/C11H13N3O2S/c1-7-12-5-10(11(15)16-3)14(7)6-9-4-13-8(2)17-9/h4-5H,6H2,1-3H3. The summed E-state index contributed by atoms with van der Waals surface area (Å²) in [5.41, 5.74) is 0.469. The maximum Gasteiger partial charge on any atom is 0.356 e. The number of ether oxygens (including phenoxy) is 1. The van der Waals surface area contributed by atoms with Gasteiger partial charge in [0.2, 0.25) is 0 Å². The van der Waals surface area contributed by atoms with Crippen LogP contribution in [-0.2, 0) is 11.3 Å². The number of hydrogen-bond acceptors (Lipinski definition) is 5. The van der Waals surface area contributed by atoms with Crippen LogP contribution >= 0.6 is 11.3 Å². The van der Waals surface area contributed by atoms with Crippen molar-refractivity contribution in [1.82, 2.24) is 14.5 Å². The van der Waals surface area contributed by atoms with Gasteiger partial charge in [-0.2, -0.15) is 0 Å². The number of aryl methyl sites for hydroxylation is 2. The molecule has 90 valence electrons. The van der Waals surface area contributed by atoms with Gasteiger partial charge in [-0.3, -0.25) is 0 Å². The first-order valence-corrected chi connectivity index (χ1v) is 5.95. The zero-order chi connectivity index (χ0) is 12.4. The minimum absolute atomic E-state index is 0.369. The van der Waals surface area contributed by atoms with Crippen LogP contribution in [-0.4, -0.2) is 27.6 Å². The summed E-state index contributed by atoms with van der Waals surface area (Å²) in [6, 6.07) is 0. The molecule has 2 aromatic rings. The molecule has 0 fully saturated rings. The first kappa shape index (κ1) is 11.8. The molecule has 0 aromatic carbocycles. The second kappa shape index (κ2) is 4.67. The van der Waals surface area contributed by atoms with E-state index in [-0.39, 0.29) is 5.97 Å². The Bertz CT molecular complexity index is 545. The van der Waals surface area contributed by atoms with Crippen LogP contribution in [0.2, 0.25) is 0 Å². The molecular weight excluding hydrogens is 238 g/mol. The van der Waals surface area contributed by atoms with Crippen molar-refractivity contribution in [2.24, 2.45) is 0 Å². The summed E-state index contributed by atoms with van der Waals surface area (Å²) in [4.78, 5) is 21.0. The third-order valence-corrected chi connectivity index (χ3v) is 3.33. The molecule has 0 amide bonds. The molecule has 6 heteroatoms. The van der Waals surface area contributed by atoms with Crippen LogP contribution in [0, 0.1) is 13.8 Å². The molecule has 5 nitrogen and oxygen atoms in total. The summed E-state index contributed by atoms with van der Waals surface area (Å²) in [5, 5.41) is 1.01. The highest BCUT2D eigenvalue weighted by Gasteiger charge is 2.15. The Morgan fingerprint density at radius 2 is 2.18 bits per heavy atom. The minimum atomic E-state index is -0.369. The largest absolute Gasteiger partial charge is 0.464 e. The molecule has 0 saturated carbocycles. The Morgan fingerprint density at radius 3 is 2.76 bits per heavy atom. The Balaban J connectivity index is 2.31. The normalized spacial score (nSPS) is 10.5. The smallest absolute Gasteiger partial charge is 0.356 e. The maximum atomic E-state index is 11.5. The Kier molecular flexibility index (Phi) is 3.23. The van der Waals surface area contributed by atoms with E-state index in [0.717, 1.165) is 15.7 Å². The maximum absolute atomic E-state index is 11.5. The summed E-state index contributed by atoms with van der Waals surface area (Å²) in [6.07, 6.45) is 3.36. The predicted octanol–water partition coefficient (Wildman–Crippen LogP) is 1.79. The molecule has 0 aliphatic rings. The second-order valence-electron chi connectivity index (χ2n) is 3.61. The van der Waals surface area contributed by atoms with Crippen molar-refractivity contribution in [1.29, 1.82) is 0 Å². The summed E-state index contributed by atoms with van der Waals surface area (Å²) in [7, 11) is 1.37. The van der Waals surface area contributed by atoms with Gasteiger partial charge in [0.15, 0.2) is 0 Å². The number of esters is 1. The van der Waals surface area contributed by atoms with E-state index in [2.05, 4.69) is 9.97 Å². The van der Waals surface area contributed by atoms with Gasteiger partial charge in [0.1, 0.15) is 11.5 Å². The minimum Gasteiger partial charge on any atom is -0.464 e. The molecule has 0 atom stereocenters. The lowest BCUT2D eigenvalue weighted by Gasteiger charge is -2.06. The molecule has 2 aromatic heterocycles. The predicted molar refractivity (Wildman–Crippen MR) is 64.3 cm³/mol. The van der Waals surface area contributed by atoms with Crippen molar-refractivity contribution in [2.75, 3.05) is 7.11 Å². The molecule has 0 saturated heterocycles. The quantitative estimate of drug-likeness (QED) is 0.780. The van der Waals surface area contributed by atoms with Gasteiger partial charge >= 0.3 is 5.97 Å². The van der Waals surface area contributed by atoms with Gasteiger partial charge in [0, 0.05) is 11.1 Å². The van der Waals surface area contributed by atoms with Crippen molar-refractivity contribution < 1.29 is 9.53 Å². The fourth-order valence-electron chi connectivity index (χ4n) is 1.57. The van der Waals surface area contributed by atoms with Gasteiger partial charge in [-0.25, -0.2) is 14.8 Å². The van der Waals surface area contributed by atoms with Gasteiger partial charge in [-0.05, 0) is 13.8 Å². The Morgan fingerprint density at radius 1 is 1.41 bits per heavy atom. The molecule has 17 heavy (non-hydrogen) atoms. The van der Waals surface area contributed by atoms with Crippen molar-refractivity contribution in [3.05, 3.63) is 33.8 Å². The SMILES string of the molecule is COC(=O)c1cnc(C)n1Cc1cnc(C)s1. The van der Waals surface area contributed by atoms with E-state index in [1.807, 2.05) is 24.6 Å². The van der Waals surface area contributed by atoms with E-state index in [4.69, 9.17) is 4.74 Å². The number of nitrogens with zero attached hydrogens (tertiary/aromatic N) is 3. The number of methoxy groups -OCH3 is 1. The van der Waals surface area contributed by atoms with Gasteiger partial charge < -0.3 is 9.30 Å². The van der Waals surface area contributed by atoms with Gasteiger partial charge in [-0.15, -0.1) is 11.3 Å². The number of thiazole rings is 1. The number of imidazole rings is 1. The van der Waals surface area contributed by atoms with Crippen molar-refractivity contribution in [3.63, 3.8) is 0 Å². The number of carbonyl (C=O) groups excluding carboxylic acids is 1. The van der Waals surface area contributed by atoms with Crippen molar-refractivity contribution in [3.8, 4) is 0 Å². The van der Waals surface area contributed by atoms with Crippen LogP contribution in [0.1, 0.15) is 26.2 Å². The molecule has 0 bridgehead atoms. The molecule has 0 spiro atoms. The molecule has 0 unspecified atom stereocenters. The van der Waals surface area contributed by atoms with E-state index in [0.29, 0.717) is 12.2 Å². The van der Waals surface area contributed by atoms with E-state index < -0.39 is 0 Å². The summed E-state index contributed by atoms with van der Waals surface area (Å²) >= 11 is 1.61. The van der Waals surface area contributed by atoms with Gasteiger partial charge in [-0.1, -0.05) is 0 Å².